The topological polar surface area (TPSA) is 45.2 Å². The van der Waals surface area contributed by atoms with Crippen molar-refractivity contribution in [3.8, 4) is 0 Å². The molecule has 0 unspecified atom stereocenters. The quantitative estimate of drug-likeness (QED) is 0.896. The van der Waals surface area contributed by atoms with Crippen molar-refractivity contribution in [1.29, 1.82) is 0 Å². The molecule has 136 valence electrons. The van der Waals surface area contributed by atoms with E-state index in [1.165, 1.54) is 17.7 Å². The maximum absolute atomic E-state index is 13.0. The molecule has 2 aliphatic rings. The number of hydrogen-bond acceptors (Lipinski definition) is 3. The number of fused-ring (bicyclic) bond motifs is 1. The predicted octanol–water partition coefficient (Wildman–Crippen LogP) is 3.66. The summed E-state index contributed by atoms with van der Waals surface area (Å²) >= 11 is 0. The van der Waals surface area contributed by atoms with Gasteiger partial charge in [-0.2, -0.15) is 0 Å². The van der Waals surface area contributed by atoms with E-state index >= 15 is 0 Å². The van der Waals surface area contributed by atoms with Crippen LogP contribution in [-0.4, -0.2) is 34.4 Å². The minimum atomic E-state index is -0.275. The van der Waals surface area contributed by atoms with Gasteiger partial charge in [-0.25, -0.2) is 9.37 Å². The van der Waals surface area contributed by atoms with Crippen LogP contribution in [0.2, 0.25) is 0 Å². The molecule has 1 aromatic heterocycles. The van der Waals surface area contributed by atoms with Gasteiger partial charge in [-0.05, 0) is 55.0 Å². The van der Waals surface area contributed by atoms with Gasteiger partial charge >= 0.3 is 0 Å². The number of carbonyl (C=O) groups excluding carboxylic acids is 1. The Hall–Kier alpha value is -2.43. The summed E-state index contributed by atoms with van der Waals surface area (Å²) in [6, 6.07) is 10.4. The van der Waals surface area contributed by atoms with E-state index in [4.69, 9.17) is 0 Å². The van der Waals surface area contributed by atoms with Crippen molar-refractivity contribution in [2.75, 3.05) is 18.4 Å². The number of nitrogens with zero attached hydrogens (tertiary/aromatic N) is 2. The first-order valence-electron chi connectivity index (χ1n) is 9.22. The summed E-state index contributed by atoms with van der Waals surface area (Å²) in [6.45, 7) is 5.69. The summed E-state index contributed by atoms with van der Waals surface area (Å²) < 4.78 is 13.0. The number of carbonyl (C=O) groups is 1. The lowest BCUT2D eigenvalue weighted by Gasteiger charge is -2.39. The Kier molecular flexibility index (Phi) is 4.17. The molecule has 1 saturated heterocycles. The zero-order valence-electron chi connectivity index (χ0n) is 15.3. The molecule has 2 aromatic rings. The summed E-state index contributed by atoms with van der Waals surface area (Å²) in [4.78, 5) is 19.3. The smallest absolute Gasteiger partial charge is 0.227 e. The van der Waals surface area contributed by atoms with Crippen molar-refractivity contribution in [2.45, 2.75) is 44.6 Å². The lowest BCUT2D eigenvalue weighted by atomic mass is 9.80. The van der Waals surface area contributed by atoms with Crippen LogP contribution in [0.4, 0.5) is 10.2 Å². The molecular formula is C21H24FN3O. The average molecular weight is 353 g/mol. The van der Waals surface area contributed by atoms with E-state index in [0.717, 1.165) is 36.5 Å². The third-order valence-corrected chi connectivity index (χ3v) is 5.65. The SMILES string of the molecule is Cc1ccc2c(n1)N[C@@]1(CCN(C(=O)Cc3ccc(F)cc3)C1)C[C@@H]2C. The lowest BCUT2D eigenvalue weighted by molar-refractivity contribution is -0.129. The van der Waals surface area contributed by atoms with Crippen molar-refractivity contribution >= 4 is 11.7 Å². The summed E-state index contributed by atoms with van der Waals surface area (Å²) in [5.74, 6) is 1.22. The van der Waals surface area contributed by atoms with Crippen molar-refractivity contribution in [1.82, 2.24) is 9.88 Å². The van der Waals surface area contributed by atoms with Crippen LogP contribution in [0.3, 0.4) is 0 Å². The molecule has 4 nitrogen and oxygen atoms in total. The van der Waals surface area contributed by atoms with E-state index in [1.54, 1.807) is 12.1 Å². The van der Waals surface area contributed by atoms with Crippen LogP contribution in [0.1, 0.15) is 42.5 Å². The monoisotopic (exact) mass is 353 g/mol. The van der Waals surface area contributed by atoms with Crippen LogP contribution in [0.15, 0.2) is 36.4 Å². The summed E-state index contributed by atoms with van der Waals surface area (Å²) in [6.07, 6.45) is 2.26. The minimum Gasteiger partial charge on any atom is -0.363 e. The van der Waals surface area contributed by atoms with E-state index in [-0.39, 0.29) is 17.3 Å². The average Bonchev–Trinajstić information content (AvgIpc) is 2.99. The number of aromatic nitrogens is 1. The maximum Gasteiger partial charge on any atom is 0.227 e. The molecule has 1 fully saturated rings. The van der Waals surface area contributed by atoms with Gasteiger partial charge in [0.05, 0.1) is 12.0 Å². The predicted molar refractivity (Wildman–Crippen MR) is 99.7 cm³/mol. The number of pyridine rings is 1. The fourth-order valence-electron chi connectivity index (χ4n) is 4.31. The van der Waals surface area contributed by atoms with E-state index in [0.29, 0.717) is 18.9 Å². The highest BCUT2D eigenvalue weighted by Gasteiger charge is 2.44. The highest BCUT2D eigenvalue weighted by atomic mass is 19.1. The number of likely N-dealkylation sites (tertiary alicyclic amines) is 1. The number of aryl methyl sites for hydroxylation is 1. The number of hydrogen-bond donors (Lipinski definition) is 1. The first-order chi connectivity index (χ1) is 12.4. The molecule has 5 heteroatoms. The number of anilines is 1. The first-order valence-corrected chi connectivity index (χ1v) is 9.22. The van der Waals surface area contributed by atoms with Gasteiger partial charge in [-0.1, -0.05) is 25.1 Å². The number of benzene rings is 1. The van der Waals surface area contributed by atoms with Crippen molar-refractivity contribution < 1.29 is 9.18 Å². The molecule has 1 N–H and O–H groups in total. The van der Waals surface area contributed by atoms with Gasteiger partial charge in [0.1, 0.15) is 11.6 Å². The van der Waals surface area contributed by atoms with Crippen LogP contribution in [0, 0.1) is 12.7 Å². The molecule has 2 atom stereocenters. The van der Waals surface area contributed by atoms with Gasteiger partial charge in [-0.15, -0.1) is 0 Å². The second kappa shape index (κ2) is 6.38. The highest BCUT2D eigenvalue weighted by molar-refractivity contribution is 5.79. The van der Waals surface area contributed by atoms with E-state index in [9.17, 15) is 9.18 Å². The number of nitrogens with one attached hydrogen (secondary N) is 1. The zero-order chi connectivity index (χ0) is 18.3. The maximum atomic E-state index is 13.0. The first kappa shape index (κ1) is 17.0. The minimum absolute atomic E-state index is 0.0916. The third-order valence-electron chi connectivity index (χ3n) is 5.65. The Balaban J connectivity index is 1.47. The molecule has 26 heavy (non-hydrogen) atoms. The fourth-order valence-corrected chi connectivity index (χ4v) is 4.31. The molecular weight excluding hydrogens is 329 g/mol. The van der Waals surface area contributed by atoms with Gasteiger partial charge in [0.25, 0.3) is 0 Å². The molecule has 0 aliphatic carbocycles. The standard InChI is InChI=1S/C21H24FN3O/c1-14-12-21(24-20-18(14)8-3-15(2)23-20)9-10-25(13-21)19(26)11-16-4-6-17(22)7-5-16/h3-8,14H,9-13H2,1-2H3,(H,23,24)/t14-,21-/m0/s1. The van der Waals surface area contributed by atoms with Crippen molar-refractivity contribution in [3.63, 3.8) is 0 Å². The van der Waals surface area contributed by atoms with Crippen molar-refractivity contribution in [3.05, 3.63) is 59.0 Å². The van der Waals surface area contributed by atoms with Crippen LogP contribution >= 0.6 is 0 Å². The Bertz CT molecular complexity index is 836. The Morgan fingerprint density at radius 1 is 1.31 bits per heavy atom. The summed E-state index contributed by atoms with van der Waals surface area (Å²) in [5, 5.41) is 3.65. The molecule has 1 amide bonds. The molecule has 0 saturated carbocycles. The van der Waals surface area contributed by atoms with Crippen molar-refractivity contribution in [2.24, 2.45) is 0 Å². The van der Waals surface area contributed by atoms with Gasteiger partial charge in [0, 0.05) is 18.8 Å². The van der Waals surface area contributed by atoms with E-state index in [2.05, 4.69) is 29.4 Å². The van der Waals surface area contributed by atoms with Gasteiger partial charge < -0.3 is 10.2 Å². The zero-order valence-corrected chi connectivity index (χ0v) is 15.3. The Labute approximate surface area is 153 Å². The summed E-state index contributed by atoms with van der Waals surface area (Å²) in [7, 11) is 0. The summed E-state index contributed by atoms with van der Waals surface area (Å²) in [5.41, 5.74) is 3.02. The molecule has 0 radical (unpaired) electrons. The number of amides is 1. The third kappa shape index (κ3) is 3.18. The van der Waals surface area contributed by atoms with Crippen LogP contribution in [0.25, 0.3) is 0 Å². The number of rotatable bonds is 2. The Morgan fingerprint density at radius 3 is 2.85 bits per heavy atom. The van der Waals surface area contributed by atoms with Crippen LogP contribution < -0.4 is 5.32 Å². The van der Waals surface area contributed by atoms with Gasteiger partial charge in [0.2, 0.25) is 5.91 Å². The van der Waals surface area contributed by atoms with Crippen LogP contribution in [0.5, 0.6) is 0 Å². The molecule has 3 heterocycles. The molecule has 4 rings (SSSR count). The normalized spacial score (nSPS) is 24.4. The second-order valence-electron chi connectivity index (χ2n) is 7.77. The van der Waals surface area contributed by atoms with Gasteiger partial charge in [-0.3, -0.25) is 4.79 Å². The lowest BCUT2D eigenvalue weighted by Crippen LogP contribution is -2.46. The largest absolute Gasteiger partial charge is 0.363 e. The second-order valence-corrected chi connectivity index (χ2v) is 7.77. The van der Waals surface area contributed by atoms with E-state index in [1.807, 2.05) is 11.8 Å². The van der Waals surface area contributed by atoms with Crippen LogP contribution in [-0.2, 0) is 11.2 Å². The fraction of sp³-hybridized carbons (Fsp3) is 0.429. The molecule has 0 bridgehead atoms. The Morgan fingerprint density at radius 2 is 2.08 bits per heavy atom. The van der Waals surface area contributed by atoms with E-state index < -0.39 is 0 Å². The molecule has 1 aromatic carbocycles. The van der Waals surface area contributed by atoms with Gasteiger partial charge in [0.15, 0.2) is 0 Å². The highest BCUT2D eigenvalue weighted by Crippen LogP contribution is 2.42. The number of halogens is 1. The molecule has 1 spiro atoms. The molecule has 2 aliphatic heterocycles.